The zero-order chi connectivity index (χ0) is 14.2. The van der Waals surface area contributed by atoms with Gasteiger partial charge in [-0.15, -0.1) is 0 Å². The van der Waals surface area contributed by atoms with Gasteiger partial charge in [-0.25, -0.2) is 4.98 Å². The van der Waals surface area contributed by atoms with Crippen molar-refractivity contribution in [2.45, 2.75) is 70.2 Å². The Balaban J connectivity index is 1.99. The highest BCUT2D eigenvalue weighted by molar-refractivity contribution is 8.00. The van der Waals surface area contributed by atoms with Gasteiger partial charge in [0.25, 0.3) is 0 Å². The van der Waals surface area contributed by atoms with Gasteiger partial charge >= 0.3 is 0 Å². The lowest BCUT2D eigenvalue weighted by atomic mass is 10.0. The normalized spacial score (nSPS) is 21.0. The van der Waals surface area contributed by atoms with Crippen molar-refractivity contribution in [3.05, 3.63) is 12.2 Å². The Labute approximate surface area is 127 Å². The van der Waals surface area contributed by atoms with Gasteiger partial charge in [0, 0.05) is 24.3 Å². The van der Waals surface area contributed by atoms with E-state index in [4.69, 9.17) is 0 Å². The Morgan fingerprint density at radius 2 is 2.30 bits per heavy atom. The summed E-state index contributed by atoms with van der Waals surface area (Å²) in [5.74, 6) is 2.46. The van der Waals surface area contributed by atoms with Crippen LogP contribution in [-0.4, -0.2) is 38.4 Å². The largest absolute Gasteiger partial charge is 0.312 e. The molecular weight excluding hydrogens is 268 g/mol. The molecule has 2 atom stereocenters. The van der Waals surface area contributed by atoms with Gasteiger partial charge in [-0.2, -0.15) is 16.9 Å². The fourth-order valence-corrected chi connectivity index (χ4v) is 4.22. The van der Waals surface area contributed by atoms with Crippen LogP contribution in [0, 0.1) is 0 Å². The van der Waals surface area contributed by atoms with E-state index in [1.807, 2.05) is 0 Å². The second-order valence-corrected chi connectivity index (χ2v) is 6.92. The molecule has 5 heteroatoms. The summed E-state index contributed by atoms with van der Waals surface area (Å²) < 4.78 is 2.08. The molecule has 0 spiro atoms. The molecule has 1 aromatic rings. The topological polar surface area (TPSA) is 42.7 Å². The van der Waals surface area contributed by atoms with Gasteiger partial charge < -0.3 is 5.32 Å². The van der Waals surface area contributed by atoms with Crippen LogP contribution in [0.25, 0.3) is 0 Å². The summed E-state index contributed by atoms with van der Waals surface area (Å²) in [5.41, 5.74) is 0. The lowest BCUT2D eigenvalue weighted by Gasteiger charge is -2.30. The molecule has 1 aromatic heterocycles. The maximum atomic E-state index is 4.48. The van der Waals surface area contributed by atoms with E-state index in [2.05, 4.69) is 45.7 Å². The van der Waals surface area contributed by atoms with Crippen molar-refractivity contribution in [2.24, 2.45) is 0 Å². The second kappa shape index (κ2) is 8.67. The molecule has 1 saturated heterocycles. The van der Waals surface area contributed by atoms with Gasteiger partial charge in [-0.1, -0.05) is 20.3 Å². The molecule has 4 nitrogen and oxygen atoms in total. The number of hydrogen-bond donors (Lipinski definition) is 1. The number of nitrogens with zero attached hydrogens (tertiary/aromatic N) is 3. The van der Waals surface area contributed by atoms with Crippen molar-refractivity contribution < 1.29 is 0 Å². The van der Waals surface area contributed by atoms with E-state index in [1.165, 1.54) is 31.4 Å². The van der Waals surface area contributed by atoms with E-state index >= 15 is 0 Å². The van der Waals surface area contributed by atoms with Gasteiger partial charge in [0.1, 0.15) is 12.2 Å². The number of nitrogens with one attached hydrogen (secondary N) is 1. The molecular formula is C15H28N4S. The van der Waals surface area contributed by atoms with Crippen molar-refractivity contribution in [3.63, 3.8) is 0 Å². The standard InChI is InChI=1S/C15H28N4S/c1-3-8-16-13(14-7-5-6-10-20-14)11-15-17-12-18-19(15)9-4-2/h12-14,16H,3-11H2,1-2H3. The van der Waals surface area contributed by atoms with Crippen molar-refractivity contribution in [2.75, 3.05) is 12.3 Å². The molecule has 0 radical (unpaired) electrons. The highest BCUT2D eigenvalue weighted by Gasteiger charge is 2.25. The molecule has 1 N–H and O–H groups in total. The minimum atomic E-state index is 0.542. The molecule has 0 saturated carbocycles. The summed E-state index contributed by atoms with van der Waals surface area (Å²) in [6, 6.07) is 0.542. The monoisotopic (exact) mass is 296 g/mol. The first-order valence-electron chi connectivity index (χ1n) is 8.06. The van der Waals surface area contributed by atoms with Crippen LogP contribution >= 0.6 is 11.8 Å². The lowest BCUT2D eigenvalue weighted by molar-refractivity contribution is 0.440. The zero-order valence-electron chi connectivity index (χ0n) is 12.8. The predicted molar refractivity (Wildman–Crippen MR) is 86.2 cm³/mol. The molecule has 2 unspecified atom stereocenters. The molecule has 0 aromatic carbocycles. The van der Waals surface area contributed by atoms with Crippen molar-refractivity contribution in [1.82, 2.24) is 20.1 Å². The first kappa shape index (κ1) is 15.8. The molecule has 1 aliphatic rings. The molecule has 114 valence electrons. The fourth-order valence-electron chi connectivity index (χ4n) is 2.79. The van der Waals surface area contributed by atoms with E-state index in [1.54, 1.807) is 6.33 Å². The van der Waals surface area contributed by atoms with Crippen LogP contribution < -0.4 is 5.32 Å². The van der Waals surface area contributed by atoms with Gasteiger partial charge in [0.05, 0.1) is 0 Å². The van der Waals surface area contributed by atoms with Crippen LogP contribution in [0.2, 0.25) is 0 Å². The minimum Gasteiger partial charge on any atom is -0.312 e. The fraction of sp³-hybridized carbons (Fsp3) is 0.867. The highest BCUT2D eigenvalue weighted by Crippen LogP contribution is 2.28. The van der Waals surface area contributed by atoms with Crippen LogP contribution in [0.3, 0.4) is 0 Å². The molecule has 2 rings (SSSR count). The number of aryl methyl sites for hydroxylation is 1. The summed E-state index contributed by atoms with van der Waals surface area (Å²) in [7, 11) is 0. The van der Waals surface area contributed by atoms with E-state index in [-0.39, 0.29) is 0 Å². The first-order valence-corrected chi connectivity index (χ1v) is 9.11. The van der Waals surface area contributed by atoms with E-state index in [0.29, 0.717) is 6.04 Å². The average Bonchev–Trinajstić information content (AvgIpc) is 2.92. The maximum absolute atomic E-state index is 4.48. The zero-order valence-corrected chi connectivity index (χ0v) is 13.7. The minimum absolute atomic E-state index is 0.542. The van der Waals surface area contributed by atoms with Crippen molar-refractivity contribution in [3.8, 4) is 0 Å². The smallest absolute Gasteiger partial charge is 0.138 e. The third-order valence-electron chi connectivity index (χ3n) is 3.85. The second-order valence-electron chi connectivity index (χ2n) is 5.57. The molecule has 2 heterocycles. The third kappa shape index (κ3) is 4.48. The van der Waals surface area contributed by atoms with Crippen molar-refractivity contribution in [1.29, 1.82) is 0 Å². The number of hydrogen-bond acceptors (Lipinski definition) is 4. The Morgan fingerprint density at radius 1 is 1.40 bits per heavy atom. The number of rotatable bonds is 8. The molecule has 20 heavy (non-hydrogen) atoms. The summed E-state index contributed by atoms with van der Waals surface area (Å²) in [6.45, 7) is 6.50. The van der Waals surface area contributed by atoms with Gasteiger partial charge in [-0.3, -0.25) is 4.68 Å². The Kier molecular flexibility index (Phi) is 6.87. The Morgan fingerprint density at radius 3 is 3.00 bits per heavy atom. The molecule has 0 aliphatic carbocycles. The average molecular weight is 296 g/mol. The quantitative estimate of drug-likeness (QED) is 0.801. The third-order valence-corrected chi connectivity index (χ3v) is 5.37. The lowest BCUT2D eigenvalue weighted by Crippen LogP contribution is -2.42. The SMILES string of the molecule is CCCNC(Cc1ncnn1CCC)C1CCCCS1. The summed E-state index contributed by atoms with van der Waals surface area (Å²) in [4.78, 5) is 4.48. The maximum Gasteiger partial charge on any atom is 0.138 e. The first-order chi connectivity index (χ1) is 9.85. The van der Waals surface area contributed by atoms with Crippen LogP contribution in [-0.2, 0) is 13.0 Å². The van der Waals surface area contributed by atoms with Gasteiger partial charge in [-0.05, 0) is 38.0 Å². The molecule has 0 amide bonds. The number of aromatic nitrogens is 3. The Bertz CT molecular complexity index is 374. The van der Waals surface area contributed by atoms with Gasteiger partial charge in [0.15, 0.2) is 0 Å². The van der Waals surface area contributed by atoms with Crippen LogP contribution in [0.5, 0.6) is 0 Å². The van der Waals surface area contributed by atoms with Gasteiger partial charge in [0.2, 0.25) is 0 Å². The van der Waals surface area contributed by atoms with Crippen molar-refractivity contribution >= 4 is 11.8 Å². The highest BCUT2D eigenvalue weighted by atomic mass is 32.2. The van der Waals surface area contributed by atoms with Crippen LogP contribution in [0.4, 0.5) is 0 Å². The van der Waals surface area contributed by atoms with Crippen LogP contribution in [0.1, 0.15) is 51.8 Å². The van der Waals surface area contributed by atoms with E-state index in [0.717, 1.165) is 37.0 Å². The van der Waals surface area contributed by atoms with E-state index < -0.39 is 0 Å². The molecule has 1 fully saturated rings. The number of thioether (sulfide) groups is 1. The molecule has 1 aliphatic heterocycles. The Hall–Kier alpha value is -0.550. The van der Waals surface area contributed by atoms with E-state index in [9.17, 15) is 0 Å². The molecule has 0 bridgehead atoms. The summed E-state index contributed by atoms with van der Waals surface area (Å²) in [5, 5.41) is 8.84. The predicted octanol–water partition coefficient (Wildman–Crippen LogP) is 2.88. The summed E-state index contributed by atoms with van der Waals surface area (Å²) in [6.07, 6.45) is 9.12. The summed E-state index contributed by atoms with van der Waals surface area (Å²) >= 11 is 2.14. The van der Waals surface area contributed by atoms with Crippen LogP contribution in [0.15, 0.2) is 6.33 Å².